The lowest BCUT2D eigenvalue weighted by Crippen LogP contribution is -2.32. The van der Waals surface area contributed by atoms with Gasteiger partial charge in [-0.25, -0.2) is 4.79 Å². The first-order valence-corrected chi connectivity index (χ1v) is 8.36. The highest BCUT2D eigenvalue weighted by molar-refractivity contribution is 6.35. The summed E-state index contributed by atoms with van der Waals surface area (Å²) in [7, 11) is 1.34. The number of hydrogen-bond donors (Lipinski definition) is 1. The number of fused-ring (bicyclic) bond motifs is 1. The number of hydrogen-bond acceptors (Lipinski definition) is 4. The number of carbonyl (C=O) groups excluding carboxylic acids is 2. The van der Waals surface area contributed by atoms with Crippen LogP contribution in [0, 0.1) is 0 Å². The van der Waals surface area contributed by atoms with Crippen LogP contribution in [0.5, 0.6) is 5.75 Å². The van der Waals surface area contributed by atoms with Crippen molar-refractivity contribution in [1.29, 1.82) is 0 Å². The summed E-state index contributed by atoms with van der Waals surface area (Å²) in [6.07, 6.45) is 0.592. The molecule has 5 nitrogen and oxygen atoms in total. The summed E-state index contributed by atoms with van der Waals surface area (Å²) in [6, 6.07) is 9.92. The molecule has 130 valence electrons. The van der Waals surface area contributed by atoms with E-state index in [0.29, 0.717) is 39.9 Å². The number of aryl methyl sites for hydroxylation is 1. The van der Waals surface area contributed by atoms with Crippen molar-refractivity contribution < 1.29 is 19.1 Å². The highest BCUT2D eigenvalue weighted by Gasteiger charge is 2.27. The molecule has 0 radical (unpaired) electrons. The van der Waals surface area contributed by atoms with E-state index in [1.807, 2.05) is 6.07 Å². The van der Waals surface area contributed by atoms with Gasteiger partial charge in [0.25, 0.3) is 5.91 Å². The Morgan fingerprint density at radius 2 is 1.88 bits per heavy atom. The van der Waals surface area contributed by atoms with Crippen molar-refractivity contribution in [3.05, 3.63) is 57.6 Å². The summed E-state index contributed by atoms with van der Waals surface area (Å²) in [5.74, 6) is -0.0835. The normalized spacial score (nSPS) is 15.7. The van der Waals surface area contributed by atoms with E-state index in [-0.39, 0.29) is 11.9 Å². The molecule has 0 fully saturated rings. The monoisotopic (exact) mass is 379 g/mol. The van der Waals surface area contributed by atoms with Gasteiger partial charge in [0.1, 0.15) is 5.75 Å². The van der Waals surface area contributed by atoms with Crippen molar-refractivity contribution >= 4 is 40.8 Å². The molecule has 0 aliphatic carbocycles. The number of amides is 1. The van der Waals surface area contributed by atoms with Gasteiger partial charge in [0.2, 0.25) is 0 Å². The molecule has 1 aliphatic heterocycles. The molecule has 2 aromatic carbocycles. The summed E-state index contributed by atoms with van der Waals surface area (Å²) < 4.78 is 10.3. The van der Waals surface area contributed by atoms with Gasteiger partial charge in [-0.15, -0.1) is 0 Å². The Hall–Kier alpha value is -2.24. The lowest BCUT2D eigenvalue weighted by molar-refractivity contribution is -0.149. The Morgan fingerprint density at radius 1 is 1.16 bits per heavy atom. The van der Waals surface area contributed by atoms with Gasteiger partial charge in [-0.05, 0) is 54.8 Å². The first-order valence-electron chi connectivity index (χ1n) is 7.61. The number of esters is 1. The number of benzene rings is 2. The van der Waals surface area contributed by atoms with Crippen molar-refractivity contribution in [2.24, 2.45) is 0 Å². The molecule has 25 heavy (non-hydrogen) atoms. The van der Waals surface area contributed by atoms with Crippen LogP contribution in [0.1, 0.15) is 22.3 Å². The molecule has 2 aromatic rings. The molecule has 7 heteroatoms. The predicted molar refractivity (Wildman–Crippen MR) is 95.6 cm³/mol. The third kappa shape index (κ3) is 4.06. The zero-order valence-electron chi connectivity index (χ0n) is 13.3. The van der Waals surface area contributed by atoms with E-state index in [9.17, 15) is 9.59 Å². The molecule has 0 saturated heterocycles. The van der Waals surface area contributed by atoms with Gasteiger partial charge in [-0.1, -0.05) is 23.2 Å². The highest BCUT2D eigenvalue weighted by atomic mass is 35.5. The minimum atomic E-state index is -0.591. The third-order valence-electron chi connectivity index (χ3n) is 3.85. The Bertz CT molecular complexity index is 818. The molecule has 1 aliphatic rings. The molecule has 0 aromatic heterocycles. The van der Waals surface area contributed by atoms with Crippen molar-refractivity contribution in [2.45, 2.75) is 18.9 Å². The van der Waals surface area contributed by atoms with Crippen LogP contribution in [-0.2, 0) is 16.0 Å². The Labute approximate surface area is 154 Å². The van der Waals surface area contributed by atoms with Crippen LogP contribution in [0.2, 0.25) is 10.0 Å². The number of halogens is 2. The van der Waals surface area contributed by atoms with Crippen molar-refractivity contribution in [1.82, 2.24) is 0 Å². The topological polar surface area (TPSA) is 64.6 Å². The fraction of sp³-hybridized carbons (Fsp3) is 0.222. The average Bonchev–Trinajstić information content (AvgIpc) is 2.59. The predicted octanol–water partition coefficient (Wildman–Crippen LogP) is 4.11. The van der Waals surface area contributed by atoms with Crippen LogP contribution < -0.4 is 10.1 Å². The Morgan fingerprint density at radius 3 is 2.56 bits per heavy atom. The zero-order valence-corrected chi connectivity index (χ0v) is 14.9. The molecule has 0 bridgehead atoms. The maximum Gasteiger partial charge on any atom is 0.347 e. The van der Waals surface area contributed by atoms with Crippen molar-refractivity contribution in [3.8, 4) is 5.75 Å². The fourth-order valence-corrected chi connectivity index (χ4v) is 3.18. The van der Waals surface area contributed by atoms with E-state index in [4.69, 9.17) is 32.7 Å². The molecule has 1 heterocycles. The number of ether oxygens (including phenoxy) is 2. The number of methoxy groups -OCH3 is 1. The Balaban J connectivity index is 1.75. The molecular weight excluding hydrogens is 365 g/mol. The van der Waals surface area contributed by atoms with E-state index < -0.39 is 6.10 Å². The summed E-state index contributed by atoms with van der Waals surface area (Å²) >= 11 is 11.8. The van der Waals surface area contributed by atoms with Crippen molar-refractivity contribution in [3.63, 3.8) is 0 Å². The van der Waals surface area contributed by atoms with E-state index in [2.05, 4.69) is 5.32 Å². The lowest BCUT2D eigenvalue weighted by Gasteiger charge is -2.24. The summed E-state index contributed by atoms with van der Waals surface area (Å²) in [5.41, 5.74) is 1.92. The van der Waals surface area contributed by atoms with Gasteiger partial charge < -0.3 is 14.8 Å². The summed E-state index contributed by atoms with van der Waals surface area (Å²) in [4.78, 5) is 23.9. The lowest BCUT2D eigenvalue weighted by atomic mass is 10.0. The number of rotatable bonds is 3. The molecule has 0 saturated carbocycles. The minimum Gasteiger partial charge on any atom is -0.478 e. The standard InChI is InChI=1S/C18H15Cl2NO4/c1-24-18(23)16-4-2-10-8-14(3-5-15(10)25-16)21-17(22)11-6-12(19)9-13(20)7-11/h3,5-9,16H,2,4H2,1H3,(H,21,22)/t16-/m0/s1. The van der Waals surface area contributed by atoms with Gasteiger partial charge in [0.05, 0.1) is 7.11 Å². The zero-order chi connectivity index (χ0) is 18.0. The Kier molecular flexibility index (Phi) is 5.16. The van der Waals surface area contributed by atoms with E-state index in [1.165, 1.54) is 7.11 Å². The largest absolute Gasteiger partial charge is 0.478 e. The molecule has 0 unspecified atom stereocenters. The molecule has 1 N–H and O–H groups in total. The van der Waals surface area contributed by atoms with E-state index in [1.54, 1.807) is 30.3 Å². The number of nitrogens with one attached hydrogen (secondary N) is 1. The van der Waals surface area contributed by atoms with Crippen LogP contribution >= 0.6 is 23.2 Å². The van der Waals surface area contributed by atoms with Crippen LogP contribution in [-0.4, -0.2) is 25.1 Å². The van der Waals surface area contributed by atoms with Gasteiger partial charge in [0, 0.05) is 21.3 Å². The van der Waals surface area contributed by atoms with Gasteiger partial charge >= 0.3 is 5.97 Å². The maximum atomic E-state index is 12.3. The first-order chi connectivity index (χ1) is 12.0. The quantitative estimate of drug-likeness (QED) is 0.814. The van der Waals surface area contributed by atoms with Crippen LogP contribution in [0.3, 0.4) is 0 Å². The van der Waals surface area contributed by atoms with Crippen molar-refractivity contribution in [2.75, 3.05) is 12.4 Å². The first kappa shape index (κ1) is 17.6. The summed E-state index contributed by atoms with van der Waals surface area (Å²) in [5, 5.41) is 3.59. The second-order valence-corrected chi connectivity index (χ2v) is 6.48. The SMILES string of the molecule is COC(=O)[C@@H]1CCc2cc(NC(=O)c3cc(Cl)cc(Cl)c3)ccc2O1. The average molecular weight is 380 g/mol. The second-order valence-electron chi connectivity index (χ2n) is 5.60. The van der Waals surface area contributed by atoms with Crippen LogP contribution in [0.25, 0.3) is 0 Å². The summed E-state index contributed by atoms with van der Waals surface area (Å²) in [6.45, 7) is 0. The fourth-order valence-electron chi connectivity index (χ4n) is 2.65. The van der Waals surface area contributed by atoms with Gasteiger partial charge in [-0.3, -0.25) is 4.79 Å². The number of carbonyl (C=O) groups is 2. The van der Waals surface area contributed by atoms with E-state index in [0.717, 1.165) is 5.56 Å². The second kappa shape index (κ2) is 7.33. The van der Waals surface area contributed by atoms with Gasteiger partial charge in [-0.2, -0.15) is 0 Å². The molecule has 1 amide bonds. The van der Waals surface area contributed by atoms with Crippen LogP contribution in [0.4, 0.5) is 5.69 Å². The highest BCUT2D eigenvalue weighted by Crippen LogP contribution is 2.31. The smallest absolute Gasteiger partial charge is 0.347 e. The van der Waals surface area contributed by atoms with E-state index >= 15 is 0 Å². The molecular formula is C18H15Cl2NO4. The molecule has 0 spiro atoms. The molecule has 1 atom stereocenters. The van der Waals surface area contributed by atoms with Gasteiger partial charge in [0.15, 0.2) is 6.10 Å². The number of anilines is 1. The third-order valence-corrected chi connectivity index (χ3v) is 4.29. The maximum absolute atomic E-state index is 12.3. The minimum absolute atomic E-state index is 0.312. The van der Waals surface area contributed by atoms with Crippen LogP contribution in [0.15, 0.2) is 36.4 Å². The molecule has 3 rings (SSSR count).